The Balaban J connectivity index is 1.26. The monoisotopic (exact) mass is 532 g/mol. The van der Waals surface area contributed by atoms with Crippen LogP contribution < -0.4 is 14.8 Å². The number of fused-ring (bicyclic) bond motifs is 3. The van der Waals surface area contributed by atoms with Gasteiger partial charge in [0.1, 0.15) is 11.9 Å². The van der Waals surface area contributed by atoms with Crippen LogP contribution in [0.5, 0.6) is 5.75 Å². The molecule has 0 spiro atoms. The summed E-state index contributed by atoms with van der Waals surface area (Å²) in [5.41, 5.74) is 4.97. The number of allylic oxidation sites excluding steroid dienone is 2. The molecule has 3 aromatic rings. The third-order valence-corrected chi connectivity index (χ3v) is 10.2. The summed E-state index contributed by atoms with van der Waals surface area (Å²) in [5, 5.41) is 3.72. The summed E-state index contributed by atoms with van der Waals surface area (Å²) in [5.74, 6) is 3.90. The van der Waals surface area contributed by atoms with Gasteiger partial charge >= 0.3 is 0 Å². The molecule has 0 unspecified atom stereocenters. The minimum absolute atomic E-state index is 0.131. The second-order valence-electron chi connectivity index (χ2n) is 10.5. The molecule has 0 amide bonds. The predicted molar refractivity (Wildman–Crippen MR) is 152 cm³/mol. The molecule has 1 aliphatic carbocycles. The number of anilines is 2. The number of benzene rings is 3. The Morgan fingerprint density at radius 2 is 1.84 bits per heavy atom. The topological polar surface area (TPSA) is 67.4 Å². The van der Waals surface area contributed by atoms with Crippen LogP contribution in [-0.2, 0) is 10.0 Å². The Bertz CT molecular complexity index is 1430. The van der Waals surface area contributed by atoms with Crippen LogP contribution in [0.4, 0.5) is 11.4 Å². The molecule has 7 heteroatoms. The normalized spacial score (nSPS) is 22.6. The van der Waals surface area contributed by atoms with Crippen molar-refractivity contribution in [3.63, 3.8) is 0 Å². The highest BCUT2D eigenvalue weighted by Gasteiger charge is 2.38. The van der Waals surface area contributed by atoms with E-state index in [9.17, 15) is 8.42 Å². The second kappa shape index (κ2) is 9.76. The van der Waals surface area contributed by atoms with Crippen LogP contribution in [0, 0.1) is 5.92 Å². The van der Waals surface area contributed by atoms with Gasteiger partial charge in [-0.25, -0.2) is 8.42 Å². The van der Waals surface area contributed by atoms with Crippen molar-refractivity contribution in [1.82, 2.24) is 0 Å². The van der Waals surface area contributed by atoms with Crippen molar-refractivity contribution in [1.29, 1.82) is 0 Å². The lowest BCUT2D eigenvalue weighted by atomic mass is 9.77. The van der Waals surface area contributed by atoms with Gasteiger partial charge in [0.25, 0.3) is 10.0 Å². The molecule has 0 bridgehead atoms. The zero-order chi connectivity index (χ0) is 25.6. The summed E-state index contributed by atoms with van der Waals surface area (Å²) >= 11 is 1.91. The summed E-state index contributed by atoms with van der Waals surface area (Å²) in [6.45, 7) is 4.24. The van der Waals surface area contributed by atoms with E-state index in [1.165, 1.54) is 11.1 Å². The summed E-state index contributed by atoms with van der Waals surface area (Å²) in [6.07, 6.45) is 5.71. The number of hydrogen-bond acceptors (Lipinski definition) is 5. The molecule has 2 N–H and O–H groups in total. The van der Waals surface area contributed by atoms with Gasteiger partial charge in [-0.2, -0.15) is 11.8 Å². The lowest BCUT2D eigenvalue weighted by Crippen LogP contribution is -2.31. The SMILES string of the molecule is CC(C)c1ccc(NS(=O)(=O)c2ccc3c(c2)[C@H]2C=CC[C@H]2[C@@H](c2cccc(OC4CSC4)c2)N3)cc1. The summed E-state index contributed by atoms with van der Waals surface area (Å²) in [7, 11) is -3.71. The van der Waals surface area contributed by atoms with E-state index >= 15 is 0 Å². The minimum Gasteiger partial charge on any atom is -0.489 e. The highest BCUT2D eigenvalue weighted by molar-refractivity contribution is 8.00. The number of hydrogen-bond donors (Lipinski definition) is 2. The molecule has 1 fully saturated rings. The van der Waals surface area contributed by atoms with E-state index in [4.69, 9.17) is 4.74 Å². The molecule has 3 aliphatic rings. The number of sulfonamides is 1. The quantitative estimate of drug-likeness (QED) is 0.323. The molecular formula is C30H32N2O3S2. The first kappa shape index (κ1) is 24.4. The van der Waals surface area contributed by atoms with Crippen LogP contribution in [0.1, 0.15) is 54.8 Å². The van der Waals surface area contributed by atoms with Crippen LogP contribution in [0.25, 0.3) is 0 Å². The zero-order valence-corrected chi connectivity index (χ0v) is 22.7. The van der Waals surface area contributed by atoms with Crippen molar-refractivity contribution >= 4 is 33.2 Å². The van der Waals surface area contributed by atoms with E-state index in [-0.39, 0.29) is 16.9 Å². The first-order valence-electron chi connectivity index (χ1n) is 12.9. The second-order valence-corrected chi connectivity index (χ2v) is 13.2. The van der Waals surface area contributed by atoms with E-state index in [2.05, 4.69) is 54.2 Å². The van der Waals surface area contributed by atoms with Gasteiger partial charge in [0.2, 0.25) is 0 Å². The van der Waals surface area contributed by atoms with Crippen molar-refractivity contribution < 1.29 is 13.2 Å². The van der Waals surface area contributed by atoms with Gasteiger partial charge in [-0.1, -0.05) is 50.3 Å². The first-order valence-corrected chi connectivity index (χ1v) is 15.6. The van der Waals surface area contributed by atoms with Gasteiger partial charge in [0.15, 0.2) is 0 Å². The Kier molecular flexibility index (Phi) is 6.45. The maximum Gasteiger partial charge on any atom is 0.261 e. The fraction of sp³-hybridized carbons (Fsp3) is 0.333. The van der Waals surface area contributed by atoms with Gasteiger partial charge in [0.05, 0.1) is 10.9 Å². The summed E-state index contributed by atoms with van der Waals surface area (Å²) in [6, 6.07) is 21.6. The van der Waals surface area contributed by atoms with Gasteiger partial charge in [-0.05, 0) is 77.4 Å². The van der Waals surface area contributed by atoms with Crippen LogP contribution in [-0.4, -0.2) is 26.0 Å². The van der Waals surface area contributed by atoms with E-state index < -0.39 is 10.0 Å². The molecule has 2 heterocycles. The molecule has 37 heavy (non-hydrogen) atoms. The lowest BCUT2D eigenvalue weighted by molar-refractivity contribution is 0.240. The Labute approximate surface area is 223 Å². The number of ether oxygens (including phenoxy) is 1. The summed E-state index contributed by atoms with van der Waals surface area (Å²) in [4.78, 5) is 0.284. The van der Waals surface area contributed by atoms with Gasteiger partial charge in [-0.15, -0.1) is 0 Å². The highest BCUT2D eigenvalue weighted by atomic mass is 32.2. The molecule has 0 aromatic heterocycles. The van der Waals surface area contributed by atoms with Gasteiger partial charge < -0.3 is 10.1 Å². The first-order chi connectivity index (χ1) is 17.9. The fourth-order valence-corrected chi connectivity index (χ4v) is 7.13. The number of thioether (sulfide) groups is 1. The largest absolute Gasteiger partial charge is 0.489 e. The van der Waals surface area contributed by atoms with Gasteiger partial charge in [-0.3, -0.25) is 4.72 Å². The molecule has 3 atom stereocenters. The lowest BCUT2D eigenvalue weighted by Gasteiger charge is -2.38. The fourth-order valence-electron chi connectivity index (χ4n) is 5.48. The maximum atomic E-state index is 13.3. The van der Waals surface area contributed by atoms with Crippen LogP contribution in [0.15, 0.2) is 83.8 Å². The van der Waals surface area contributed by atoms with Crippen LogP contribution in [0.3, 0.4) is 0 Å². The smallest absolute Gasteiger partial charge is 0.261 e. The number of rotatable bonds is 7. The molecular weight excluding hydrogens is 500 g/mol. The Morgan fingerprint density at radius 3 is 2.57 bits per heavy atom. The van der Waals surface area contributed by atoms with Crippen LogP contribution in [0.2, 0.25) is 0 Å². The molecule has 3 aromatic carbocycles. The third kappa shape index (κ3) is 4.87. The minimum atomic E-state index is -3.71. The number of nitrogens with one attached hydrogen (secondary N) is 2. The standard InChI is InChI=1S/C30H32N2O3S2/c1-19(2)20-9-11-22(12-10-20)32-37(33,34)25-13-14-29-28(16-25)26-7-4-8-27(26)30(31-29)21-5-3-6-23(15-21)35-24-17-36-18-24/h3-7,9-16,19,24,26-27,30-32H,8,17-18H2,1-2H3/t26-,27+,30+/m0/s1. The third-order valence-electron chi connectivity index (χ3n) is 7.60. The zero-order valence-electron chi connectivity index (χ0n) is 21.1. The van der Waals surface area contributed by atoms with Crippen molar-refractivity contribution in [3.05, 3.63) is 95.6 Å². The van der Waals surface area contributed by atoms with Gasteiger partial charge in [0, 0.05) is 28.8 Å². The Hall–Kier alpha value is -2.90. The molecule has 6 rings (SSSR count). The Morgan fingerprint density at radius 1 is 1.03 bits per heavy atom. The van der Waals surface area contributed by atoms with Crippen molar-refractivity contribution in [3.8, 4) is 5.75 Å². The summed E-state index contributed by atoms with van der Waals surface area (Å²) < 4.78 is 35.4. The maximum absolute atomic E-state index is 13.3. The van der Waals surface area contributed by atoms with E-state index in [0.717, 1.165) is 34.9 Å². The van der Waals surface area contributed by atoms with E-state index in [0.29, 0.717) is 23.6 Å². The molecule has 2 aliphatic heterocycles. The molecule has 192 valence electrons. The van der Waals surface area contributed by atoms with Crippen molar-refractivity contribution in [2.75, 3.05) is 21.5 Å². The molecule has 1 saturated heterocycles. The average molecular weight is 533 g/mol. The van der Waals surface area contributed by atoms with E-state index in [1.54, 1.807) is 6.07 Å². The highest BCUT2D eigenvalue weighted by Crippen LogP contribution is 2.50. The van der Waals surface area contributed by atoms with Crippen molar-refractivity contribution in [2.24, 2.45) is 5.92 Å². The predicted octanol–water partition coefficient (Wildman–Crippen LogP) is 6.93. The molecule has 5 nitrogen and oxygen atoms in total. The van der Waals surface area contributed by atoms with Crippen molar-refractivity contribution in [2.45, 2.75) is 49.1 Å². The van der Waals surface area contributed by atoms with E-state index in [1.807, 2.05) is 54.2 Å². The van der Waals surface area contributed by atoms with Crippen LogP contribution >= 0.6 is 11.8 Å². The molecule has 0 radical (unpaired) electrons. The average Bonchev–Trinajstić information content (AvgIpc) is 3.36. The molecule has 0 saturated carbocycles.